The van der Waals surface area contributed by atoms with E-state index >= 15 is 0 Å². The molecular formula is C21H26ClN3O2. The summed E-state index contributed by atoms with van der Waals surface area (Å²) in [7, 11) is 1.71. The number of urea groups is 1. The summed E-state index contributed by atoms with van der Waals surface area (Å²) in [4.78, 5) is 16.6. The number of ether oxygens (including phenoxy) is 1. The first-order chi connectivity index (χ1) is 13.2. The second-order valence-corrected chi connectivity index (χ2v) is 7.11. The normalized spacial score (nSPS) is 14.8. The van der Waals surface area contributed by atoms with Crippen LogP contribution in [0.3, 0.4) is 0 Å². The van der Waals surface area contributed by atoms with Gasteiger partial charge in [0, 0.05) is 44.3 Å². The number of carbonyl (C=O) groups excluding carboxylic acids is 1. The van der Waals surface area contributed by atoms with E-state index in [2.05, 4.69) is 16.3 Å². The molecule has 144 valence electrons. The molecule has 5 nitrogen and oxygen atoms in total. The van der Waals surface area contributed by atoms with Gasteiger partial charge < -0.3 is 15.0 Å². The summed E-state index contributed by atoms with van der Waals surface area (Å²) in [6, 6.07) is 15.7. The van der Waals surface area contributed by atoms with Crippen LogP contribution in [0.25, 0.3) is 0 Å². The van der Waals surface area contributed by atoms with Gasteiger partial charge in [0.05, 0.1) is 7.11 Å². The number of amides is 2. The second kappa shape index (κ2) is 9.62. The zero-order chi connectivity index (χ0) is 19.1. The van der Waals surface area contributed by atoms with E-state index < -0.39 is 0 Å². The molecular weight excluding hydrogens is 362 g/mol. The van der Waals surface area contributed by atoms with Gasteiger partial charge in [-0.1, -0.05) is 41.9 Å². The first-order valence-electron chi connectivity index (χ1n) is 9.27. The van der Waals surface area contributed by atoms with Gasteiger partial charge in [0.25, 0.3) is 0 Å². The Morgan fingerprint density at radius 3 is 2.48 bits per heavy atom. The highest BCUT2D eigenvalue weighted by Crippen LogP contribution is 2.18. The minimum absolute atomic E-state index is 0.00525. The maximum atomic E-state index is 12.4. The van der Waals surface area contributed by atoms with E-state index in [0.717, 1.165) is 50.5 Å². The number of methoxy groups -OCH3 is 1. The fourth-order valence-corrected chi connectivity index (χ4v) is 3.38. The molecule has 0 aliphatic carbocycles. The van der Waals surface area contributed by atoms with Gasteiger partial charge in [0.2, 0.25) is 0 Å². The largest absolute Gasteiger partial charge is 0.496 e. The molecule has 2 aromatic rings. The molecule has 1 aliphatic rings. The van der Waals surface area contributed by atoms with Gasteiger partial charge in [0.15, 0.2) is 0 Å². The van der Waals surface area contributed by atoms with Gasteiger partial charge in [-0.15, -0.1) is 0 Å². The van der Waals surface area contributed by atoms with Crippen LogP contribution >= 0.6 is 11.6 Å². The van der Waals surface area contributed by atoms with E-state index in [1.54, 1.807) is 7.11 Å². The first-order valence-corrected chi connectivity index (χ1v) is 9.65. The molecule has 1 fully saturated rings. The number of rotatable bonds is 6. The molecule has 1 saturated heterocycles. The Morgan fingerprint density at radius 1 is 1.07 bits per heavy atom. The van der Waals surface area contributed by atoms with Gasteiger partial charge in [-0.3, -0.25) is 4.90 Å². The van der Waals surface area contributed by atoms with Crippen molar-refractivity contribution >= 4 is 17.6 Å². The monoisotopic (exact) mass is 387 g/mol. The van der Waals surface area contributed by atoms with Crippen LogP contribution < -0.4 is 10.1 Å². The number of halogens is 1. The van der Waals surface area contributed by atoms with Crippen LogP contribution in [0.2, 0.25) is 5.02 Å². The Kier molecular flexibility index (Phi) is 6.96. The van der Waals surface area contributed by atoms with Gasteiger partial charge in [-0.25, -0.2) is 4.79 Å². The van der Waals surface area contributed by atoms with Crippen molar-refractivity contribution in [1.82, 2.24) is 15.1 Å². The standard InChI is InChI=1S/C21H26ClN3O2/c1-27-20-5-3-2-4-18(20)10-11-24-12-14-25(15-13-24)21(26)23-16-17-6-8-19(22)9-7-17/h2-9H,10-16H2,1H3,(H,23,26). The highest BCUT2D eigenvalue weighted by Gasteiger charge is 2.20. The summed E-state index contributed by atoms with van der Waals surface area (Å²) in [5.74, 6) is 0.942. The Morgan fingerprint density at radius 2 is 1.78 bits per heavy atom. The summed E-state index contributed by atoms with van der Waals surface area (Å²) in [6.45, 7) is 4.77. The van der Waals surface area contributed by atoms with Gasteiger partial charge in [-0.2, -0.15) is 0 Å². The van der Waals surface area contributed by atoms with Crippen molar-refractivity contribution in [2.75, 3.05) is 39.8 Å². The summed E-state index contributed by atoms with van der Waals surface area (Å²) >= 11 is 5.88. The number of carbonyl (C=O) groups is 1. The minimum Gasteiger partial charge on any atom is -0.496 e. The van der Waals surface area contributed by atoms with Crippen molar-refractivity contribution in [3.63, 3.8) is 0 Å². The van der Waals surface area contributed by atoms with Crippen molar-refractivity contribution in [3.8, 4) is 5.75 Å². The highest BCUT2D eigenvalue weighted by molar-refractivity contribution is 6.30. The molecule has 0 saturated carbocycles. The van der Waals surface area contributed by atoms with E-state index in [1.165, 1.54) is 5.56 Å². The fourth-order valence-electron chi connectivity index (χ4n) is 3.25. The molecule has 0 atom stereocenters. The number of para-hydroxylation sites is 1. The minimum atomic E-state index is -0.00525. The van der Waals surface area contributed by atoms with Crippen molar-refractivity contribution in [1.29, 1.82) is 0 Å². The number of hydrogen-bond donors (Lipinski definition) is 1. The van der Waals surface area contributed by atoms with Crippen molar-refractivity contribution in [3.05, 3.63) is 64.7 Å². The Hall–Kier alpha value is -2.24. The maximum absolute atomic E-state index is 12.4. The van der Waals surface area contributed by atoms with Gasteiger partial charge in [-0.05, 0) is 35.7 Å². The molecule has 0 radical (unpaired) electrons. The zero-order valence-electron chi connectivity index (χ0n) is 15.7. The quantitative estimate of drug-likeness (QED) is 0.826. The van der Waals surface area contributed by atoms with Crippen molar-refractivity contribution < 1.29 is 9.53 Å². The lowest BCUT2D eigenvalue weighted by Crippen LogP contribution is -2.51. The Labute approximate surface area is 165 Å². The number of nitrogens with one attached hydrogen (secondary N) is 1. The van der Waals surface area contributed by atoms with Crippen LogP contribution in [-0.2, 0) is 13.0 Å². The number of hydrogen-bond acceptors (Lipinski definition) is 3. The maximum Gasteiger partial charge on any atom is 0.317 e. The molecule has 27 heavy (non-hydrogen) atoms. The van der Waals surface area contributed by atoms with E-state index in [4.69, 9.17) is 16.3 Å². The van der Waals surface area contributed by atoms with Gasteiger partial charge >= 0.3 is 6.03 Å². The summed E-state index contributed by atoms with van der Waals surface area (Å²) < 4.78 is 5.42. The van der Waals surface area contributed by atoms with E-state index in [0.29, 0.717) is 11.6 Å². The average Bonchev–Trinajstić information content (AvgIpc) is 2.72. The Balaban J connectivity index is 1.40. The van der Waals surface area contributed by atoms with E-state index in [-0.39, 0.29) is 6.03 Å². The fraction of sp³-hybridized carbons (Fsp3) is 0.381. The third-order valence-corrected chi connectivity index (χ3v) is 5.16. The van der Waals surface area contributed by atoms with Crippen LogP contribution in [0, 0.1) is 0 Å². The Bertz CT molecular complexity index is 743. The van der Waals surface area contributed by atoms with Crippen molar-refractivity contribution in [2.24, 2.45) is 0 Å². The lowest BCUT2D eigenvalue weighted by atomic mass is 10.1. The second-order valence-electron chi connectivity index (χ2n) is 6.68. The number of piperazine rings is 1. The van der Waals surface area contributed by atoms with Crippen LogP contribution in [0.4, 0.5) is 4.79 Å². The topological polar surface area (TPSA) is 44.8 Å². The van der Waals surface area contributed by atoms with Gasteiger partial charge in [0.1, 0.15) is 5.75 Å². The van der Waals surface area contributed by atoms with Crippen LogP contribution in [0.5, 0.6) is 5.75 Å². The zero-order valence-corrected chi connectivity index (χ0v) is 16.4. The smallest absolute Gasteiger partial charge is 0.317 e. The first kappa shape index (κ1) is 19.5. The summed E-state index contributed by atoms with van der Waals surface area (Å²) in [6.07, 6.45) is 0.951. The average molecular weight is 388 g/mol. The molecule has 0 unspecified atom stereocenters. The molecule has 0 spiro atoms. The molecule has 1 N–H and O–H groups in total. The predicted molar refractivity (Wildman–Crippen MR) is 108 cm³/mol. The SMILES string of the molecule is COc1ccccc1CCN1CCN(C(=O)NCc2ccc(Cl)cc2)CC1. The molecule has 2 aromatic carbocycles. The van der Waals surface area contributed by atoms with Crippen LogP contribution in [0.15, 0.2) is 48.5 Å². The molecule has 6 heteroatoms. The lowest BCUT2D eigenvalue weighted by Gasteiger charge is -2.34. The van der Waals surface area contributed by atoms with Crippen LogP contribution in [-0.4, -0.2) is 55.7 Å². The molecule has 2 amide bonds. The molecule has 3 rings (SSSR count). The molecule has 1 aliphatic heterocycles. The van der Waals surface area contributed by atoms with E-state index in [1.807, 2.05) is 47.4 Å². The third-order valence-electron chi connectivity index (χ3n) is 4.91. The number of nitrogens with zero attached hydrogens (tertiary/aromatic N) is 2. The highest BCUT2D eigenvalue weighted by atomic mass is 35.5. The molecule has 0 aromatic heterocycles. The predicted octanol–water partition coefficient (Wildman–Crippen LogP) is 3.42. The lowest BCUT2D eigenvalue weighted by molar-refractivity contribution is 0.139. The third kappa shape index (κ3) is 5.62. The molecule has 1 heterocycles. The van der Waals surface area contributed by atoms with Crippen LogP contribution in [0.1, 0.15) is 11.1 Å². The van der Waals surface area contributed by atoms with E-state index in [9.17, 15) is 4.79 Å². The molecule has 0 bridgehead atoms. The number of benzene rings is 2. The van der Waals surface area contributed by atoms with Crippen molar-refractivity contribution in [2.45, 2.75) is 13.0 Å². The summed E-state index contributed by atoms with van der Waals surface area (Å²) in [5, 5.41) is 3.69. The summed E-state index contributed by atoms with van der Waals surface area (Å²) in [5.41, 5.74) is 2.27.